The molecule has 2 heterocycles. The molecular weight excluding hydrogens is 236 g/mol. The van der Waals surface area contributed by atoms with Crippen molar-refractivity contribution < 1.29 is 0 Å². The lowest BCUT2D eigenvalue weighted by molar-refractivity contribution is 0.572. The van der Waals surface area contributed by atoms with Crippen LogP contribution in [0.3, 0.4) is 0 Å². The Bertz CT molecular complexity index is 386. The zero-order valence-electron chi connectivity index (χ0n) is 12.3. The molecule has 106 valence electrons. The molecule has 0 atom stereocenters. The minimum absolute atomic E-state index is 0.862. The number of piperidine rings is 1. The van der Waals surface area contributed by atoms with Crippen LogP contribution in [-0.4, -0.2) is 29.6 Å². The van der Waals surface area contributed by atoms with Gasteiger partial charge in [-0.1, -0.05) is 19.8 Å². The standard InChI is InChI=1S/C15H26N4/c1-3-4-6-9-16-14-12-15(18-13(2)17-14)19-10-7-5-8-11-19/h12H,3-11H2,1-2H3,(H,16,17,18). The van der Waals surface area contributed by atoms with Gasteiger partial charge in [0.1, 0.15) is 17.5 Å². The fourth-order valence-corrected chi connectivity index (χ4v) is 2.52. The van der Waals surface area contributed by atoms with E-state index in [0.717, 1.165) is 37.1 Å². The molecular formula is C15H26N4. The fourth-order valence-electron chi connectivity index (χ4n) is 2.52. The van der Waals surface area contributed by atoms with Crippen molar-refractivity contribution in [2.45, 2.75) is 52.4 Å². The molecule has 4 heteroatoms. The van der Waals surface area contributed by atoms with Gasteiger partial charge >= 0.3 is 0 Å². The molecule has 0 aromatic carbocycles. The number of hydrogen-bond donors (Lipinski definition) is 1. The molecule has 0 aliphatic carbocycles. The highest BCUT2D eigenvalue weighted by atomic mass is 15.2. The number of aryl methyl sites for hydroxylation is 1. The van der Waals surface area contributed by atoms with Crippen LogP contribution in [0.4, 0.5) is 11.6 Å². The topological polar surface area (TPSA) is 41.0 Å². The monoisotopic (exact) mass is 262 g/mol. The first kappa shape index (κ1) is 14.1. The quantitative estimate of drug-likeness (QED) is 0.798. The molecule has 1 fully saturated rings. The van der Waals surface area contributed by atoms with Crippen molar-refractivity contribution in [1.29, 1.82) is 0 Å². The molecule has 0 amide bonds. The molecule has 1 N–H and O–H groups in total. The van der Waals surface area contributed by atoms with Gasteiger partial charge in [0.15, 0.2) is 0 Å². The van der Waals surface area contributed by atoms with Crippen LogP contribution in [0.2, 0.25) is 0 Å². The summed E-state index contributed by atoms with van der Waals surface area (Å²) in [6.45, 7) is 7.47. The summed E-state index contributed by atoms with van der Waals surface area (Å²) in [6, 6.07) is 2.10. The van der Waals surface area contributed by atoms with E-state index in [0.29, 0.717) is 0 Å². The van der Waals surface area contributed by atoms with Crippen molar-refractivity contribution in [3.05, 3.63) is 11.9 Å². The maximum atomic E-state index is 4.58. The van der Waals surface area contributed by atoms with Gasteiger partial charge in [-0.3, -0.25) is 0 Å². The zero-order chi connectivity index (χ0) is 13.5. The SMILES string of the molecule is CCCCCNc1cc(N2CCCCC2)nc(C)n1. The van der Waals surface area contributed by atoms with Gasteiger partial charge in [-0.15, -0.1) is 0 Å². The van der Waals surface area contributed by atoms with Crippen LogP contribution in [0.15, 0.2) is 6.07 Å². The molecule has 1 aliphatic heterocycles. The van der Waals surface area contributed by atoms with Gasteiger partial charge in [-0.05, 0) is 32.6 Å². The Balaban J connectivity index is 1.97. The van der Waals surface area contributed by atoms with Crippen LogP contribution in [0, 0.1) is 6.92 Å². The summed E-state index contributed by atoms with van der Waals surface area (Å²) in [5, 5.41) is 3.42. The Hall–Kier alpha value is -1.32. The van der Waals surface area contributed by atoms with Gasteiger partial charge in [0.05, 0.1) is 0 Å². The molecule has 4 nitrogen and oxygen atoms in total. The predicted molar refractivity (Wildman–Crippen MR) is 80.8 cm³/mol. The van der Waals surface area contributed by atoms with Crippen LogP contribution < -0.4 is 10.2 Å². The molecule has 0 radical (unpaired) electrons. The normalized spacial score (nSPS) is 15.6. The molecule has 0 unspecified atom stereocenters. The first-order chi connectivity index (χ1) is 9.29. The molecule has 1 aromatic heterocycles. The van der Waals surface area contributed by atoms with Crippen molar-refractivity contribution in [2.75, 3.05) is 29.9 Å². The molecule has 0 saturated carbocycles. The number of hydrogen-bond acceptors (Lipinski definition) is 4. The van der Waals surface area contributed by atoms with Crippen LogP contribution in [-0.2, 0) is 0 Å². The van der Waals surface area contributed by atoms with E-state index in [2.05, 4.69) is 33.2 Å². The van der Waals surface area contributed by atoms with E-state index in [4.69, 9.17) is 0 Å². The van der Waals surface area contributed by atoms with E-state index in [-0.39, 0.29) is 0 Å². The Morgan fingerprint density at radius 1 is 1.16 bits per heavy atom. The highest BCUT2D eigenvalue weighted by molar-refractivity contribution is 5.49. The largest absolute Gasteiger partial charge is 0.370 e. The van der Waals surface area contributed by atoms with Gasteiger partial charge in [0.2, 0.25) is 0 Å². The summed E-state index contributed by atoms with van der Waals surface area (Å²) in [5.41, 5.74) is 0. The van der Waals surface area contributed by atoms with E-state index in [9.17, 15) is 0 Å². The summed E-state index contributed by atoms with van der Waals surface area (Å²) in [7, 11) is 0. The third-order valence-electron chi connectivity index (χ3n) is 3.59. The number of nitrogens with zero attached hydrogens (tertiary/aromatic N) is 3. The molecule has 0 spiro atoms. The number of rotatable bonds is 6. The van der Waals surface area contributed by atoms with E-state index in [1.165, 1.54) is 38.5 Å². The van der Waals surface area contributed by atoms with Gasteiger partial charge in [0, 0.05) is 25.7 Å². The van der Waals surface area contributed by atoms with E-state index >= 15 is 0 Å². The van der Waals surface area contributed by atoms with Crippen molar-refractivity contribution in [2.24, 2.45) is 0 Å². The lowest BCUT2D eigenvalue weighted by Gasteiger charge is -2.28. The van der Waals surface area contributed by atoms with Crippen molar-refractivity contribution >= 4 is 11.6 Å². The Morgan fingerprint density at radius 3 is 2.68 bits per heavy atom. The van der Waals surface area contributed by atoms with Gasteiger partial charge < -0.3 is 10.2 Å². The Kier molecular flexibility index (Phi) is 5.43. The van der Waals surface area contributed by atoms with Gasteiger partial charge in [-0.2, -0.15) is 0 Å². The van der Waals surface area contributed by atoms with E-state index < -0.39 is 0 Å². The highest BCUT2D eigenvalue weighted by Gasteiger charge is 2.13. The fraction of sp³-hybridized carbons (Fsp3) is 0.733. The molecule has 2 rings (SSSR count). The molecule has 19 heavy (non-hydrogen) atoms. The number of anilines is 2. The average molecular weight is 262 g/mol. The second-order valence-corrected chi connectivity index (χ2v) is 5.34. The second-order valence-electron chi connectivity index (χ2n) is 5.34. The summed E-state index contributed by atoms with van der Waals surface area (Å²) < 4.78 is 0. The minimum Gasteiger partial charge on any atom is -0.370 e. The number of aromatic nitrogens is 2. The minimum atomic E-state index is 0.862. The van der Waals surface area contributed by atoms with E-state index in [1.807, 2.05) is 6.92 Å². The zero-order valence-corrected chi connectivity index (χ0v) is 12.3. The maximum absolute atomic E-state index is 4.58. The van der Waals surface area contributed by atoms with E-state index in [1.54, 1.807) is 0 Å². The van der Waals surface area contributed by atoms with Crippen molar-refractivity contribution in [1.82, 2.24) is 9.97 Å². The van der Waals surface area contributed by atoms with Crippen molar-refractivity contribution in [3.63, 3.8) is 0 Å². The average Bonchev–Trinajstić information content (AvgIpc) is 2.44. The van der Waals surface area contributed by atoms with Gasteiger partial charge in [0.25, 0.3) is 0 Å². The summed E-state index contributed by atoms with van der Waals surface area (Å²) in [6.07, 6.45) is 7.64. The summed E-state index contributed by atoms with van der Waals surface area (Å²) in [4.78, 5) is 11.4. The third kappa shape index (κ3) is 4.37. The summed E-state index contributed by atoms with van der Waals surface area (Å²) >= 11 is 0. The number of unbranched alkanes of at least 4 members (excludes halogenated alkanes) is 2. The van der Waals surface area contributed by atoms with Crippen LogP contribution >= 0.6 is 0 Å². The number of nitrogens with one attached hydrogen (secondary N) is 1. The predicted octanol–water partition coefficient (Wildman–Crippen LogP) is 3.38. The first-order valence-electron chi connectivity index (χ1n) is 7.64. The molecule has 0 bridgehead atoms. The maximum Gasteiger partial charge on any atom is 0.134 e. The Morgan fingerprint density at radius 2 is 1.95 bits per heavy atom. The van der Waals surface area contributed by atoms with Crippen LogP contribution in [0.5, 0.6) is 0 Å². The highest BCUT2D eigenvalue weighted by Crippen LogP contribution is 2.20. The first-order valence-corrected chi connectivity index (χ1v) is 7.64. The lowest BCUT2D eigenvalue weighted by Crippen LogP contribution is -2.30. The summed E-state index contributed by atoms with van der Waals surface area (Å²) in [5.74, 6) is 2.93. The van der Waals surface area contributed by atoms with Crippen LogP contribution in [0.25, 0.3) is 0 Å². The van der Waals surface area contributed by atoms with Crippen molar-refractivity contribution in [3.8, 4) is 0 Å². The smallest absolute Gasteiger partial charge is 0.134 e. The second kappa shape index (κ2) is 7.31. The molecule has 1 aliphatic rings. The van der Waals surface area contributed by atoms with Gasteiger partial charge in [-0.25, -0.2) is 9.97 Å². The lowest BCUT2D eigenvalue weighted by atomic mass is 10.1. The molecule has 1 aromatic rings. The third-order valence-corrected chi connectivity index (χ3v) is 3.59. The molecule has 1 saturated heterocycles. The van der Waals surface area contributed by atoms with Crippen LogP contribution in [0.1, 0.15) is 51.3 Å². The Labute approximate surface area is 116 Å².